The van der Waals surface area contributed by atoms with Crippen molar-refractivity contribution in [1.29, 1.82) is 10.5 Å². The lowest BCUT2D eigenvalue weighted by Gasteiger charge is -2.14. The van der Waals surface area contributed by atoms with Crippen LogP contribution in [0.2, 0.25) is 5.02 Å². The number of benzene rings is 2. The predicted molar refractivity (Wildman–Crippen MR) is 94.0 cm³/mol. The highest BCUT2D eigenvalue weighted by atomic mass is 79.9. The molecule has 0 fully saturated rings. The molecule has 0 N–H and O–H groups in total. The van der Waals surface area contributed by atoms with Gasteiger partial charge in [0.15, 0.2) is 11.5 Å². The summed E-state index contributed by atoms with van der Waals surface area (Å²) in [5.74, 6) is 0.0260. The van der Waals surface area contributed by atoms with E-state index >= 15 is 0 Å². The monoisotopic (exact) mass is 440 g/mol. The first-order valence-electron chi connectivity index (χ1n) is 6.83. The number of halogens is 2. The van der Waals surface area contributed by atoms with Crippen LogP contribution in [-0.4, -0.2) is 15.0 Å². The molecule has 0 aliphatic heterocycles. The second kappa shape index (κ2) is 7.75. The van der Waals surface area contributed by atoms with Gasteiger partial charge in [0.25, 0.3) is 0 Å². The van der Waals surface area contributed by atoms with Crippen molar-refractivity contribution >= 4 is 37.6 Å². The summed E-state index contributed by atoms with van der Waals surface area (Å²) in [6.45, 7) is 1.96. The van der Waals surface area contributed by atoms with E-state index in [1.54, 1.807) is 6.92 Å². The van der Waals surface area contributed by atoms with E-state index in [4.69, 9.17) is 31.0 Å². The summed E-state index contributed by atoms with van der Waals surface area (Å²) in [6.07, 6.45) is 0. The minimum Gasteiger partial charge on any atom is -0.490 e. The smallest absolute Gasteiger partial charge is 0.339 e. The second-order valence-corrected chi connectivity index (χ2v) is 7.43. The Kier molecular flexibility index (Phi) is 5.91. The van der Waals surface area contributed by atoms with Crippen LogP contribution >= 0.6 is 27.5 Å². The van der Waals surface area contributed by atoms with Crippen molar-refractivity contribution < 1.29 is 17.3 Å². The molecule has 0 amide bonds. The largest absolute Gasteiger partial charge is 0.490 e. The minimum absolute atomic E-state index is 0.00361. The molecule has 2 rings (SSSR count). The van der Waals surface area contributed by atoms with E-state index in [0.717, 1.165) is 6.07 Å². The standard InChI is InChI=1S/C16H10BrClN2O4S/c1-2-23-15-6-10(8-19)5-13(17)16(15)24-25(21,22)12-4-3-11(9-20)14(18)7-12/h3-7H,2H2,1H3. The van der Waals surface area contributed by atoms with Crippen molar-refractivity contribution in [3.05, 3.63) is 51.0 Å². The quantitative estimate of drug-likeness (QED) is 0.650. The molecule has 128 valence electrons. The van der Waals surface area contributed by atoms with Crippen LogP contribution in [0.3, 0.4) is 0 Å². The third-order valence-electron chi connectivity index (χ3n) is 2.98. The van der Waals surface area contributed by atoms with Gasteiger partial charge in [0.1, 0.15) is 11.0 Å². The van der Waals surface area contributed by atoms with Gasteiger partial charge in [-0.1, -0.05) is 11.6 Å². The average molecular weight is 442 g/mol. The summed E-state index contributed by atoms with van der Waals surface area (Å²) in [4.78, 5) is -0.213. The third-order valence-corrected chi connectivity index (χ3v) is 5.10. The van der Waals surface area contributed by atoms with E-state index in [2.05, 4.69) is 15.9 Å². The van der Waals surface area contributed by atoms with Gasteiger partial charge in [0.2, 0.25) is 0 Å². The molecular weight excluding hydrogens is 432 g/mol. The van der Waals surface area contributed by atoms with Gasteiger partial charge in [-0.3, -0.25) is 0 Å². The number of ether oxygens (including phenoxy) is 1. The lowest BCUT2D eigenvalue weighted by molar-refractivity contribution is 0.327. The molecule has 6 nitrogen and oxygen atoms in total. The summed E-state index contributed by atoms with van der Waals surface area (Å²) in [5, 5.41) is 17.9. The third kappa shape index (κ3) is 4.23. The molecule has 0 saturated heterocycles. The van der Waals surface area contributed by atoms with Crippen molar-refractivity contribution in [2.24, 2.45) is 0 Å². The molecule has 0 unspecified atom stereocenters. The zero-order chi connectivity index (χ0) is 18.6. The van der Waals surface area contributed by atoms with E-state index in [-0.39, 0.29) is 43.6 Å². The van der Waals surface area contributed by atoms with Gasteiger partial charge in [-0.15, -0.1) is 0 Å². The summed E-state index contributed by atoms with van der Waals surface area (Å²) in [7, 11) is -4.23. The molecule has 0 bridgehead atoms. The fraction of sp³-hybridized carbons (Fsp3) is 0.125. The first kappa shape index (κ1) is 19.1. The van der Waals surface area contributed by atoms with Crippen molar-refractivity contribution in [1.82, 2.24) is 0 Å². The van der Waals surface area contributed by atoms with E-state index < -0.39 is 10.1 Å². The molecule has 0 heterocycles. The lowest BCUT2D eigenvalue weighted by Crippen LogP contribution is -2.11. The van der Waals surface area contributed by atoms with Crippen LogP contribution in [0.4, 0.5) is 0 Å². The van der Waals surface area contributed by atoms with Crippen LogP contribution < -0.4 is 8.92 Å². The average Bonchev–Trinajstić information content (AvgIpc) is 2.57. The Hall–Kier alpha value is -2.26. The Balaban J connectivity index is 2.49. The predicted octanol–water partition coefficient (Wildman–Crippen LogP) is 4.01. The van der Waals surface area contributed by atoms with Crippen LogP contribution in [0.5, 0.6) is 11.5 Å². The highest BCUT2D eigenvalue weighted by molar-refractivity contribution is 9.10. The zero-order valence-electron chi connectivity index (χ0n) is 12.8. The van der Waals surface area contributed by atoms with Gasteiger partial charge in [-0.25, -0.2) is 0 Å². The molecular formula is C16H10BrClN2O4S. The van der Waals surface area contributed by atoms with Crippen molar-refractivity contribution in [2.75, 3.05) is 6.61 Å². The number of hydrogen-bond acceptors (Lipinski definition) is 6. The molecule has 0 saturated carbocycles. The van der Waals surface area contributed by atoms with Crippen LogP contribution in [0.25, 0.3) is 0 Å². The van der Waals surface area contributed by atoms with Gasteiger partial charge in [-0.2, -0.15) is 18.9 Å². The van der Waals surface area contributed by atoms with E-state index in [1.165, 1.54) is 24.3 Å². The van der Waals surface area contributed by atoms with Crippen LogP contribution in [0, 0.1) is 22.7 Å². The van der Waals surface area contributed by atoms with Crippen molar-refractivity contribution in [3.63, 3.8) is 0 Å². The summed E-state index contributed by atoms with van der Waals surface area (Å²) >= 11 is 9.06. The molecule has 0 atom stereocenters. The maximum absolute atomic E-state index is 12.5. The number of hydrogen-bond donors (Lipinski definition) is 0. The number of nitriles is 2. The molecule has 0 radical (unpaired) electrons. The maximum atomic E-state index is 12.5. The van der Waals surface area contributed by atoms with Crippen LogP contribution in [0.15, 0.2) is 39.7 Å². The first-order chi connectivity index (χ1) is 11.8. The number of nitrogens with zero attached hydrogens (tertiary/aromatic N) is 2. The Morgan fingerprint density at radius 1 is 1.20 bits per heavy atom. The molecule has 9 heteroatoms. The molecule has 0 aliphatic carbocycles. The Bertz CT molecular complexity index is 1010. The van der Waals surface area contributed by atoms with E-state index in [1.807, 2.05) is 12.1 Å². The molecule has 25 heavy (non-hydrogen) atoms. The van der Waals surface area contributed by atoms with Gasteiger partial charge in [0, 0.05) is 6.07 Å². The van der Waals surface area contributed by atoms with Crippen LogP contribution in [-0.2, 0) is 10.1 Å². The zero-order valence-corrected chi connectivity index (χ0v) is 15.9. The summed E-state index contributed by atoms with van der Waals surface area (Å²) in [6, 6.07) is 10.2. The second-order valence-electron chi connectivity index (χ2n) is 4.62. The van der Waals surface area contributed by atoms with Crippen molar-refractivity contribution in [3.8, 4) is 23.6 Å². The molecule has 2 aromatic carbocycles. The summed E-state index contributed by atoms with van der Waals surface area (Å²) in [5.41, 5.74) is 0.427. The Morgan fingerprint density at radius 3 is 2.48 bits per heavy atom. The molecule has 0 spiro atoms. The van der Waals surface area contributed by atoms with Gasteiger partial charge >= 0.3 is 10.1 Å². The topological polar surface area (TPSA) is 100 Å². The molecule has 0 aliphatic rings. The van der Waals surface area contributed by atoms with E-state index in [0.29, 0.717) is 0 Å². The van der Waals surface area contributed by atoms with Crippen LogP contribution in [0.1, 0.15) is 18.1 Å². The highest BCUT2D eigenvalue weighted by Crippen LogP contribution is 2.38. The Morgan fingerprint density at radius 2 is 1.92 bits per heavy atom. The van der Waals surface area contributed by atoms with Gasteiger partial charge in [0.05, 0.1) is 33.3 Å². The van der Waals surface area contributed by atoms with Gasteiger partial charge in [-0.05, 0) is 47.1 Å². The fourth-order valence-electron chi connectivity index (χ4n) is 1.88. The highest BCUT2D eigenvalue weighted by Gasteiger charge is 2.23. The molecule has 2 aromatic rings. The normalized spacial score (nSPS) is 10.6. The Labute approximate surface area is 158 Å². The van der Waals surface area contributed by atoms with E-state index in [9.17, 15) is 8.42 Å². The first-order valence-corrected chi connectivity index (χ1v) is 9.41. The maximum Gasteiger partial charge on any atom is 0.339 e. The molecule has 0 aromatic heterocycles. The minimum atomic E-state index is -4.23. The SMILES string of the molecule is CCOc1cc(C#N)cc(Br)c1OS(=O)(=O)c1ccc(C#N)c(Cl)c1. The summed E-state index contributed by atoms with van der Waals surface area (Å²) < 4.78 is 35.8. The van der Waals surface area contributed by atoms with Crippen molar-refractivity contribution in [2.45, 2.75) is 11.8 Å². The lowest BCUT2D eigenvalue weighted by atomic mass is 10.2. The number of rotatable bonds is 5. The fourth-order valence-corrected chi connectivity index (χ4v) is 3.78. The van der Waals surface area contributed by atoms with Gasteiger partial charge < -0.3 is 8.92 Å².